The quantitative estimate of drug-likeness (QED) is 0.263. The third-order valence-electron chi connectivity index (χ3n) is 7.35. The van der Waals surface area contributed by atoms with Gasteiger partial charge < -0.3 is 21.7 Å². The first-order chi connectivity index (χ1) is 18.8. The SMILES string of the molecule is Cn1nc(C(F)F)cc1C(=S)N[C@H]1CCc2sc(NC(=O)C3(NC(N)=S)CC3)c(S(=O)(=O)NC3CC(F)C3)c2C1. The van der Waals surface area contributed by atoms with Gasteiger partial charge in [-0.3, -0.25) is 9.48 Å². The van der Waals surface area contributed by atoms with Gasteiger partial charge in [0.05, 0.1) is 5.69 Å². The number of alkyl halides is 3. The molecule has 40 heavy (non-hydrogen) atoms. The minimum absolute atomic E-state index is 0.0302. The predicted molar refractivity (Wildman–Crippen MR) is 152 cm³/mol. The Morgan fingerprint density at radius 3 is 2.55 bits per heavy atom. The van der Waals surface area contributed by atoms with Crippen LogP contribution in [0.1, 0.15) is 60.4 Å². The van der Waals surface area contributed by atoms with E-state index in [1.54, 1.807) is 0 Å². The first kappa shape index (κ1) is 29.2. The zero-order chi connectivity index (χ0) is 29.0. The molecule has 2 heterocycles. The minimum Gasteiger partial charge on any atom is -0.376 e. The lowest BCUT2D eigenvalue weighted by molar-refractivity contribution is -0.118. The maximum Gasteiger partial charge on any atom is 0.282 e. The Labute approximate surface area is 243 Å². The van der Waals surface area contributed by atoms with Gasteiger partial charge in [0.1, 0.15) is 32.3 Å². The van der Waals surface area contributed by atoms with E-state index >= 15 is 0 Å². The molecular weight excluding hydrogens is 608 g/mol. The van der Waals surface area contributed by atoms with Gasteiger partial charge in [0.2, 0.25) is 10.0 Å². The fourth-order valence-corrected chi connectivity index (χ4v) is 8.81. The maximum absolute atomic E-state index is 13.6. The molecule has 0 aromatic carbocycles. The zero-order valence-corrected chi connectivity index (χ0v) is 24.6. The summed E-state index contributed by atoms with van der Waals surface area (Å²) in [5.41, 5.74) is 5.05. The second-order valence-corrected chi connectivity index (χ2v) is 14.0. The summed E-state index contributed by atoms with van der Waals surface area (Å²) in [7, 11) is -2.62. The molecule has 6 N–H and O–H groups in total. The number of sulfonamides is 1. The third-order valence-corrected chi connectivity index (χ3v) is 10.7. The average Bonchev–Trinajstić information content (AvgIpc) is 3.35. The lowest BCUT2D eigenvalue weighted by Crippen LogP contribution is -2.48. The van der Waals surface area contributed by atoms with Crippen molar-refractivity contribution in [2.75, 3.05) is 5.32 Å². The Kier molecular flexibility index (Phi) is 7.88. The van der Waals surface area contributed by atoms with Crippen LogP contribution in [0.25, 0.3) is 0 Å². The molecule has 1 amide bonds. The molecule has 0 bridgehead atoms. The van der Waals surface area contributed by atoms with E-state index in [1.165, 1.54) is 29.1 Å². The van der Waals surface area contributed by atoms with Gasteiger partial charge in [0.25, 0.3) is 12.3 Å². The van der Waals surface area contributed by atoms with E-state index in [4.69, 9.17) is 30.2 Å². The summed E-state index contributed by atoms with van der Waals surface area (Å²) in [6.07, 6.45) is -1.31. The number of fused-ring (bicyclic) bond motifs is 1. The van der Waals surface area contributed by atoms with Gasteiger partial charge in [0, 0.05) is 24.0 Å². The van der Waals surface area contributed by atoms with Crippen molar-refractivity contribution in [3.63, 3.8) is 0 Å². The van der Waals surface area contributed by atoms with Gasteiger partial charge in [-0.25, -0.2) is 26.3 Å². The summed E-state index contributed by atoms with van der Waals surface area (Å²) < 4.78 is 70.8. The fraction of sp³-hybridized carbons (Fsp3) is 0.565. The molecule has 2 aromatic heterocycles. The Bertz CT molecular complexity index is 1470. The molecule has 0 spiro atoms. The van der Waals surface area contributed by atoms with E-state index in [9.17, 15) is 26.4 Å². The van der Waals surface area contributed by atoms with E-state index in [2.05, 4.69) is 25.8 Å². The smallest absolute Gasteiger partial charge is 0.282 e. The van der Waals surface area contributed by atoms with Crippen LogP contribution in [0.2, 0.25) is 0 Å². The average molecular weight is 636 g/mol. The number of anilines is 1. The van der Waals surface area contributed by atoms with Crippen molar-refractivity contribution in [1.82, 2.24) is 25.1 Å². The number of hydrogen-bond donors (Lipinski definition) is 5. The van der Waals surface area contributed by atoms with Gasteiger partial charge >= 0.3 is 0 Å². The van der Waals surface area contributed by atoms with Crippen LogP contribution in [-0.2, 0) is 34.7 Å². The van der Waals surface area contributed by atoms with Crippen LogP contribution in [0.15, 0.2) is 11.0 Å². The standard InChI is InChI=1S/C23H28F3N7O3S4/c1-33-15(9-14(31-33)18(25)26)19(37)28-11-2-3-16-13(8-11)17(40(35,36)32-12-6-10(24)7-12)20(39-16)29-21(34)23(4-5-23)30-22(27)38/h9-12,18,32H,2-8H2,1H3,(H,28,37)(H,29,34)(H3,27,30,38)/t10?,11-,12?/m0/s1. The molecule has 0 aliphatic heterocycles. The number of rotatable bonds is 9. The van der Waals surface area contributed by atoms with Crippen LogP contribution in [0.3, 0.4) is 0 Å². The molecule has 2 saturated carbocycles. The topological polar surface area (TPSA) is 143 Å². The lowest BCUT2D eigenvalue weighted by Gasteiger charge is -2.30. The Morgan fingerprint density at radius 1 is 1.27 bits per heavy atom. The molecule has 3 aliphatic rings. The first-order valence-corrected chi connectivity index (χ1v) is 15.7. The molecule has 218 valence electrons. The Balaban J connectivity index is 1.41. The normalized spacial score (nSPS) is 23.2. The highest BCUT2D eigenvalue weighted by molar-refractivity contribution is 7.90. The molecule has 17 heteroatoms. The van der Waals surface area contributed by atoms with E-state index in [1.807, 2.05) is 0 Å². The number of carbonyl (C=O) groups excluding carboxylic acids is 1. The van der Waals surface area contributed by atoms with Crippen molar-refractivity contribution in [3.8, 4) is 0 Å². The van der Waals surface area contributed by atoms with Gasteiger partial charge in [-0.2, -0.15) is 5.10 Å². The summed E-state index contributed by atoms with van der Waals surface area (Å²) in [6, 6.07) is 0.378. The number of aromatic nitrogens is 2. The maximum atomic E-state index is 13.6. The molecule has 0 radical (unpaired) electrons. The minimum atomic E-state index is -4.13. The highest BCUT2D eigenvalue weighted by atomic mass is 32.2. The summed E-state index contributed by atoms with van der Waals surface area (Å²) in [5.74, 6) is -0.440. The van der Waals surface area contributed by atoms with Crippen LogP contribution >= 0.6 is 35.8 Å². The number of aryl methyl sites for hydroxylation is 2. The van der Waals surface area contributed by atoms with E-state index < -0.39 is 45.8 Å². The van der Waals surface area contributed by atoms with Crippen molar-refractivity contribution < 1.29 is 26.4 Å². The third kappa shape index (κ3) is 5.84. The number of thiocarbonyl (C=S) groups is 2. The highest BCUT2D eigenvalue weighted by Gasteiger charge is 2.51. The second-order valence-electron chi connectivity index (χ2n) is 10.4. The highest BCUT2D eigenvalue weighted by Crippen LogP contribution is 2.44. The molecule has 5 rings (SSSR count). The van der Waals surface area contributed by atoms with Crippen LogP contribution in [-0.4, -0.2) is 58.0 Å². The van der Waals surface area contributed by atoms with Gasteiger partial charge in [-0.15, -0.1) is 11.3 Å². The predicted octanol–water partition coefficient (Wildman–Crippen LogP) is 2.32. The molecule has 2 fully saturated rings. The second kappa shape index (κ2) is 10.8. The van der Waals surface area contributed by atoms with E-state index in [-0.39, 0.29) is 45.3 Å². The number of thiophene rings is 1. The van der Waals surface area contributed by atoms with Crippen LogP contribution < -0.4 is 26.4 Å². The molecular formula is C23H28F3N7O3S4. The Hall–Kier alpha value is -2.34. The summed E-state index contributed by atoms with van der Waals surface area (Å²) in [4.78, 5) is 14.1. The molecule has 2 aromatic rings. The summed E-state index contributed by atoms with van der Waals surface area (Å²) in [6.45, 7) is 0. The molecule has 10 nitrogen and oxygen atoms in total. The van der Waals surface area contributed by atoms with Gasteiger partial charge in [-0.1, -0.05) is 12.2 Å². The number of hydrogen-bond acceptors (Lipinski definition) is 7. The van der Waals surface area contributed by atoms with Crippen molar-refractivity contribution in [1.29, 1.82) is 0 Å². The van der Waals surface area contributed by atoms with Crippen molar-refractivity contribution in [2.45, 2.75) is 80.1 Å². The summed E-state index contributed by atoms with van der Waals surface area (Å²) >= 11 is 11.5. The number of carbonyl (C=O) groups is 1. The van der Waals surface area contributed by atoms with Crippen LogP contribution in [0.5, 0.6) is 0 Å². The number of nitrogens with one attached hydrogen (secondary N) is 4. The van der Waals surface area contributed by atoms with Crippen LogP contribution in [0, 0.1) is 0 Å². The number of nitrogens with zero attached hydrogens (tertiary/aromatic N) is 2. The molecule has 3 aliphatic carbocycles. The van der Waals surface area contributed by atoms with Crippen molar-refractivity contribution in [3.05, 3.63) is 27.9 Å². The first-order valence-electron chi connectivity index (χ1n) is 12.6. The number of amides is 1. The molecule has 1 atom stereocenters. The monoisotopic (exact) mass is 635 g/mol. The van der Waals surface area contributed by atoms with E-state index in [0.29, 0.717) is 36.9 Å². The number of halogens is 3. The summed E-state index contributed by atoms with van der Waals surface area (Å²) in [5, 5.41) is 12.7. The van der Waals surface area contributed by atoms with Crippen LogP contribution in [0.4, 0.5) is 18.2 Å². The fourth-order valence-electron chi connectivity index (χ4n) is 5.03. The largest absolute Gasteiger partial charge is 0.376 e. The lowest BCUT2D eigenvalue weighted by atomic mass is 9.92. The number of nitrogens with two attached hydrogens (primary N) is 1. The van der Waals surface area contributed by atoms with E-state index in [0.717, 1.165) is 4.88 Å². The Morgan fingerprint density at radius 2 is 1.98 bits per heavy atom. The van der Waals surface area contributed by atoms with Gasteiger partial charge in [-0.05, 0) is 68.8 Å². The zero-order valence-electron chi connectivity index (χ0n) is 21.3. The molecule has 0 unspecified atom stereocenters. The van der Waals surface area contributed by atoms with Crippen molar-refractivity contribution >= 4 is 66.8 Å². The van der Waals surface area contributed by atoms with Gasteiger partial charge in [0.15, 0.2) is 5.11 Å². The van der Waals surface area contributed by atoms with Crippen molar-refractivity contribution in [2.24, 2.45) is 12.8 Å². The molecule has 0 saturated heterocycles.